The highest BCUT2D eigenvalue weighted by atomic mass is 19.4. The van der Waals surface area contributed by atoms with Crippen LogP contribution >= 0.6 is 0 Å². The van der Waals surface area contributed by atoms with Crippen molar-refractivity contribution in [2.75, 3.05) is 18.9 Å². The lowest BCUT2D eigenvalue weighted by Gasteiger charge is -2.33. The van der Waals surface area contributed by atoms with Crippen LogP contribution in [0, 0.1) is 18.3 Å². The van der Waals surface area contributed by atoms with Crippen LogP contribution < -0.4 is 10.6 Å². The normalized spacial score (nSPS) is 20.8. The van der Waals surface area contributed by atoms with Gasteiger partial charge in [-0.05, 0) is 49.1 Å². The van der Waals surface area contributed by atoms with E-state index < -0.39 is 64.5 Å². The predicted molar refractivity (Wildman–Crippen MR) is 148 cm³/mol. The highest BCUT2D eigenvalue weighted by Gasteiger charge is 2.59. The number of rotatable bonds is 7. The number of carbonyl (C=O) groups is 4. The molecule has 228 valence electrons. The summed E-state index contributed by atoms with van der Waals surface area (Å²) in [7, 11) is 1.34. The predicted octanol–water partition coefficient (Wildman–Crippen LogP) is 4.20. The van der Waals surface area contributed by atoms with Gasteiger partial charge in [-0.3, -0.25) is 28.9 Å². The molecule has 1 saturated heterocycles. The summed E-state index contributed by atoms with van der Waals surface area (Å²) < 4.78 is 53.8. The summed E-state index contributed by atoms with van der Waals surface area (Å²) in [5.41, 5.74) is -2.18. The molecular weight excluding hydrogens is 570 g/mol. The number of likely N-dealkylation sites (tertiary alicyclic amines) is 1. The summed E-state index contributed by atoms with van der Waals surface area (Å²) in [5, 5.41) is 5.05. The van der Waals surface area contributed by atoms with Crippen LogP contribution in [0.15, 0.2) is 42.5 Å². The van der Waals surface area contributed by atoms with E-state index in [4.69, 9.17) is 6.57 Å². The molecule has 0 radical (unpaired) electrons. The smallest absolute Gasteiger partial charge is 0.341 e. The van der Waals surface area contributed by atoms with Crippen LogP contribution in [0.1, 0.15) is 55.1 Å². The maximum Gasteiger partial charge on any atom is 0.417 e. The number of nitrogens with zero attached hydrogens (tertiary/aromatic N) is 3. The zero-order valence-corrected chi connectivity index (χ0v) is 24.0. The molecule has 2 aromatic carbocycles. The Balaban J connectivity index is 1.57. The first-order valence-corrected chi connectivity index (χ1v) is 13.6. The summed E-state index contributed by atoms with van der Waals surface area (Å²) in [6.07, 6.45) is -5.74. The van der Waals surface area contributed by atoms with Crippen molar-refractivity contribution in [3.05, 3.63) is 76.4 Å². The number of benzene rings is 2. The monoisotopic (exact) mass is 601 g/mol. The second-order valence-electron chi connectivity index (χ2n) is 11.3. The van der Waals surface area contributed by atoms with E-state index in [9.17, 15) is 36.7 Å². The summed E-state index contributed by atoms with van der Waals surface area (Å²) in [6.45, 7) is 12.6. The Morgan fingerprint density at radius 1 is 1.19 bits per heavy atom. The molecule has 0 aliphatic carbocycles. The molecule has 0 bridgehead atoms. The third kappa shape index (κ3) is 5.91. The van der Waals surface area contributed by atoms with Crippen molar-refractivity contribution in [2.45, 2.75) is 63.5 Å². The van der Waals surface area contributed by atoms with Gasteiger partial charge in [0.1, 0.15) is 23.3 Å². The Labute approximate surface area is 246 Å². The molecule has 4 rings (SSSR count). The standard InChI is InChI=1S/C30H31F4N5O4/c1-16(2)12-23(27(42)39-15-29(14-24(39)35-4)20-8-6-7-9-22(20)37-28(29)43)38(5)26(41)17(3)36-25(40)19-11-10-18(31)13-21(19)30(32,33)34/h6-11,13,16-17,23-24H,12,14-15H2,1-3,5H3,(H,36,40)(H,37,43)/t17-,23-,24-,29-/m0/s1. The largest absolute Gasteiger partial charge is 0.417 e. The van der Waals surface area contributed by atoms with Crippen LogP contribution in [0.25, 0.3) is 4.85 Å². The molecule has 4 amide bonds. The van der Waals surface area contributed by atoms with Crippen LogP contribution in [-0.2, 0) is 26.0 Å². The molecule has 0 unspecified atom stereocenters. The quantitative estimate of drug-likeness (QED) is 0.367. The Hall–Kier alpha value is -4.47. The number of likely N-dealkylation sites (N-methyl/N-ethyl adjacent to an activating group) is 1. The van der Waals surface area contributed by atoms with Gasteiger partial charge in [-0.25, -0.2) is 11.0 Å². The first kappa shape index (κ1) is 31.5. The van der Waals surface area contributed by atoms with Crippen molar-refractivity contribution in [3.63, 3.8) is 0 Å². The number of fused-ring (bicyclic) bond motifs is 2. The molecule has 2 aromatic rings. The van der Waals surface area contributed by atoms with Gasteiger partial charge in [-0.1, -0.05) is 32.0 Å². The molecule has 2 aliphatic rings. The van der Waals surface area contributed by atoms with E-state index in [0.717, 1.165) is 4.90 Å². The van der Waals surface area contributed by atoms with Crippen LogP contribution in [0.2, 0.25) is 0 Å². The highest BCUT2D eigenvalue weighted by molar-refractivity contribution is 6.07. The fraction of sp³-hybridized carbons (Fsp3) is 0.433. The van der Waals surface area contributed by atoms with Crippen molar-refractivity contribution in [1.29, 1.82) is 0 Å². The lowest BCUT2D eigenvalue weighted by atomic mass is 9.80. The second kappa shape index (κ2) is 11.7. The Kier molecular flexibility index (Phi) is 8.53. The molecular formula is C30H31F4N5O4. The molecule has 9 nitrogen and oxygen atoms in total. The molecule has 4 atom stereocenters. The summed E-state index contributed by atoms with van der Waals surface area (Å²) in [4.78, 5) is 59.4. The number of halogens is 4. The lowest BCUT2D eigenvalue weighted by molar-refractivity contribution is -0.146. The van der Waals surface area contributed by atoms with Gasteiger partial charge in [0.05, 0.1) is 17.5 Å². The number of alkyl halides is 3. The third-order valence-electron chi connectivity index (χ3n) is 7.93. The summed E-state index contributed by atoms with van der Waals surface area (Å²) in [5.74, 6) is -4.16. The van der Waals surface area contributed by atoms with Gasteiger partial charge in [0.2, 0.25) is 11.8 Å². The minimum absolute atomic E-state index is 0.0722. The van der Waals surface area contributed by atoms with E-state index in [1.165, 1.54) is 18.9 Å². The van der Waals surface area contributed by atoms with Crippen LogP contribution in [0.5, 0.6) is 0 Å². The van der Waals surface area contributed by atoms with Gasteiger partial charge in [0.15, 0.2) is 0 Å². The van der Waals surface area contributed by atoms with E-state index in [-0.39, 0.29) is 37.3 Å². The first-order chi connectivity index (χ1) is 20.1. The topological polar surface area (TPSA) is 103 Å². The van der Waals surface area contributed by atoms with Crippen molar-refractivity contribution in [2.24, 2.45) is 5.92 Å². The number of para-hydroxylation sites is 1. The van der Waals surface area contributed by atoms with Gasteiger partial charge in [-0.15, -0.1) is 0 Å². The molecule has 1 spiro atoms. The van der Waals surface area contributed by atoms with Crippen molar-refractivity contribution in [3.8, 4) is 0 Å². The second-order valence-corrected chi connectivity index (χ2v) is 11.3. The van der Waals surface area contributed by atoms with Crippen molar-refractivity contribution >= 4 is 29.3 Å². The fourth-order valence-corrected chi connectivity index (χ4v) is 5.76. The number of carbonyl (C=O) groups excluding carboxylic acids is 4. The molecule has 2 heterocycles. The molecule has 2 N–H and O–H groups in total. The third-order valence-corrected chi connectivity index (χ3v) is 7.93. The van der Waals surface area contributed by atoms with Crippen LogP contribution in [0.3, 0.4) is 0 Å². The lowest BCUT2D eigenvalue weighted by Crippen LogP contribution is -2.55. The SMILES string of the molecule is [C-]#[N+][C@@H]1C[C@@]2(CN1C(=O)[C@H](CC(C)C)N(C)C(=O)[C@H](C)NC(=O)c1ccc(F)cc1C(F)(F)F)C(=O)Nc1ccccc12. The van der Waals surface area contributed by atoms with Gasteiger partial charge in [-0.2, -0.15) is 13.2 Å². The van der Waals surface area contributed by atoms with Gasteiger partial charge in [0, 0.05) is 19.3 Å². The Bertz CT molecular complexity index is 1500. The molecule has 0 saturated carbocycles. The average Bonchev–Trinajstić information content (AvgIpc) is 3.47. The van der Waals surface area contributed by atoms with Gasteiger partial charge >= 0.3 is 12.3 Å². The minimum Gasteiger partial charge on any atom is -0.341 e. The molecule has 2 aliphatic heterocycles. The molecule has 1 fully saturated rings. The molecule has 0 aromatic heterocycles. The van der Waals surface area contributed by atoms with E-state index in [1.807, 2.05) is 13.8 Å². The van der Waals surface area contributed by atoms with E-state index in [2.05, 4.69) is 15.5 Å². The van der Waals surface area contributed by atoms with Crippen molar-refractivity contribution < 1.29 is 36.7 Å². The van der Waals surface area contributed by atoms with Crippen molar-refractivity contribution in [1.82, 2.24) is 15.1 Å². The van der Waals surface area contributed by atoms with E-state index >= 15 is 0 Å². The molecule has 13 heteroatoms. The number of amides is 4. The number of anilines is 1. The maximum atomic E-state index is 14.0. The van der Waals surface area contributed by atoms with Crippen LogP contribution in [-0.4, -0.2) is 65.3 Å². The summed E-state index contributed by atoms with van der Waals surface area (Å²) in [6, 6.07) is 6.19. The Morgan fingerprint density at radius 2 is 1.86 bits per heavy atom. The maximum absolute atomic E-state index is 14.0. The highest BCUT2D eigenvalue weighted by Crippen LogP contribution is 2.47. The molecule has 43 heavy (non-hydrogen) atoms. The van der Waals surface area contributed by atoms with Gasteiger partial charge < -0.3 is 15.5 Å². The number of hydrogen-bond acceptors (Lipinski definition) is 4. The van der Waals surface area contributed by atoms with Gasteiger partial charge in [0.25, 0.3) is 11.8 Å². The minimum atomic E-state index is -5.02. The fourth-order valence-electron chi connectivity index (χ4n) is 5.76. The average molecular weight is 602 g/mol. The first-order valence-electron chi connectivity index (χ1n) is 13.6. The van der Waals surface area contributed by atoms with Crippen LogP contribution in [0.4, 0.5) is 23.2 Å². The zero-order valence-electron chi connectivity index (χ0n) is 24.0. The number of hydrogen-bond donors (Lipinski definition) is 2. The van der Waals surface area contributed by atoms with E-state index in [0.29, 0.717) is 23.4 Å². The number of nitrogens with one attached hydrogen (secondary N) is 2. The summed E-state index contributed by atoms with van der Waals surface area (Å²) >= 11 is 0. The Morgan fingerprint density at radius 3 is 2.49 bits per heavy atom. The van der Waals surface area contributed by atoms with E-state index in [1.54, 1.807) is 24.3 Å². The zero-order chi connectivity index (χ0) is 31.9.